The summed E-state index contributed by atoms with van der Waals surface area (Å²) in [5.41, 5.74) is 1.46. The molecule has 0 radical (unpaired) electrons. The van der Waals surface area contributed by atoms with Gasteiger partial charge >= 0.3 is 0 Å². The van der Waals surface area contributed by atoms with Gasteiger partial charge in [0.1, 0.15) is 0 Å². The summed E-state index contributed by atoms with van der Waals surface area (Å²) in [6.45, 7) is 1.86. The molecule has 0 saturated heterocycles. The predicted molar refractivity (Wildman–Crippen MR) is 117 cm³/mol. The Bertz CT molecular complexity index is 927. The van der Waals surface area contributed by atoms with E-state index in [4.69, 9.17) is 0 Å². The molecule has 138 valence electrons. The molecule has 7 heteroatoms. The van der Waals surface area contributed by atoms with Gasteiger partial charge in [0.15, 0.2) is 0 Å². The van der Waals surface area contributed by atoms with Crippen LogP contribution in [0.4, 0.5) is 11.4 Å². The lowest BCUT2D eigenvalue weighted by molar-refractivity contribution is -0.115. The van der Waals surface area contributed by atoms with E-state index in [9.17, 15) is 9.59 Å². The lowest BCUT2D eigenvalue weighted by atomic mass is 10.3. The number of hydrogen-bond acceptors (Lipinski definition) is 4. The highest BCUT2D eigenvalue weighted by molar-refractivity contribution is 9.10. The number of thiophene rings is 1. The van der Waals surface area contributed by atoms with Gasteiger partial charge in [-0.25, -0.2) is 0 Å². The molecule has 27 heavy (non-hydrogen) atoms. The zero-order valence-electron chi connectivity index (χ0n) is 14.4. The fraction of sp³-hybridized carbons (Fsp3) is 0.100. The number of nitrogens with one attached hydrogen (secondary N) is 2. The topological polar surface area (TPSA) is 58.2 Å². The van der Waals surface area contributed by atoms with Gasteiger partial charge in [-0.05, 0) is 60.8 Å². The number of rotatable bonds is 6. The molecule has 2 amide bonds. The van der Waals surface area contributed by atoms with E-state index in [1.807, 2.05) is 66.9 Å². The highest BCUT2D eigenvalue weighted by atomic mass is 79.9. The van der Waals surface area contributed by atoms with Crippen molar-refractivity contribution >= 4 is 62.2 Å². The van der Waals surface area contributed by atoms with Crippen molar-refractivity contribution in [3.05, 3.63) is 75.4 Å². The molecule has 0 bridgehead atoms. The molecule has 0 aliphatic rings. The van der Waals surface area contributed by atoms with Crippen molar-refractivity contribution in [2.75, 3.05) is 10.6 Å². The second-order valence-electron chi connectivity index (χ2n) is 5.72. The quantitative estimate of drug-likeness (QED) is 0.451. The minimum atomic E-state index is -0.281. The summed E-state index contributed by atoms with van der Waals surface area (Å²) in [5.74, 6) is -0.205. The van der Waals surface area contributed by atoms with Crippen molar-refractivity contribution in [3.8, 4) is 0 Å². The van der Waals surface area contributed by atoms with Crippen molar-refractivity contribution in [1.29, 1.82) is 0 Å². The first-order valence-corrected chi connectivity index (χ1v) is 10.7. The summed E-state index contributed by atoms with van der Waals surface area (Å²) in [5, 5.41) is 7.38. The first kappa shape index (κ1) is 19.7. The molecule has 3 aromatic rings. The summed E-state index contributed by atoms with van der Waals surface area (Å²) < 4.78 is 0.962. The summed E-state index contributed by atoms with van der Waals surface area (Å²) in [4.78, 5) is 26.2. The second kappa shape index (κ2) is 9.21. The zero-order valence-corrected chi connectivity index (χ0v) is 17.7. The number of carbonyl (C=O) groups excluding carboxylic acids is 2. The van der Waals surface area contributed by atoms with Gasteiger partial charge in [-0.15, -0.1) is 23.1 Å². The fourth-order valence-corrected chi connectivity index (χ4v) is 4.09. The fourth-order valence-electron chi connectivity index (χ4n) is 2.28. The van der Waals surface area contributed by atoms with E-state index >= 15 is 0 Å². The van der Waals surface area contributed by atoms with Gasteiger partial charge in [0.05, 0.1) is 10.1 Å². The average molecular weight is 461 g/mol. The summed E-state index contributed by atoms with van der Waals surface area (Å²) in [6.07, 6.45) is 0. The monoisotopic (exact) mass is 460 g/mol. The van der Waals surface area contributed by atoms with Crippen LogP contribution in [-0.4, -0.2) is 17.1 Å². The Morgan fingerprint density at radius 3 is 2.48 bits per heavy atom. The Morgan fingerprint density at radius 1 is 1.00 bits per heavy atom. The molecule has 0 aliphatic carbocycles. The van der Waals surface area contributed by atoms with Crippen LogP contribution in [0.15, 0.2) is 75.4 Å². The Hall–Kier alpha value is -2.09. The van der Waals surface area contributed by atoms with Crippen molar-refractivity contribution in [2.45, 2.75) is 17.1 Å². The maximum absolute atomic E-state index is 12.4. The van der Waals surface area contributed by atoms with Crippen LogP contribution in [0.25, 0.3) is 0 Å². The summed E-state index contributed by atoms with van der Waals surface area (Å²) >= 11 is 6.22. The minimum absolute atomic E-state index is 0.0738. The van der Waals surface area contributed by atoms with Crippen LogP contribution < -0.4 is 10.6 Å². The highest BCUT2D eigenvalue weighted by Gasteiger charge is 2.15. The Kier molecular flexibility index (Phi) is 6.71. The first-order valence-electron chi connectivity index (χ1n) is 8.19. The van der Waals surface area contributed by atoms with Crippen LogP contribution in [0, 0.1) is 0 Å². The molecule has 1 atom stereocenters. The predicted octanol–water partition coefficient (Wildman–Crippen LogP) is 5.88. The van der Waals surface area contributed by atoms with Crippen molar-refractivity contribution < 1.29 is 9.59 Å². The molecule has 1 unspecified atom stereocenters. The van der Waals surface area contributed by atoms with Gasteiger partial charge < -0.3 is 10.6 Å². The van der Waals surface area contributed by atoms with E-state index in [0.29, 0.717) is 10.6 Å². The molecule has 2 aromatic carbocycles. The van der Waals surface area contributed by atoms with Crippen LogP contribution >= 0.6 is 39.0 Å². The van der Waals surface area contributed by atoms with Crippen LogP contribution in [0.5, 0.6) is 0 Å². The minimum Gasteiger partial charge on any atom is -0.325 e. The molecule has 0 aliphatic heterocycles. The molecule has 2 N–H and O–H groups in total. The molecule has 0 fully saturated rings. The van der Waals surface area contributed by atoms with E-state index in [1.54, 1.807) is 6.07 Å². The zero-order chi connectivity index (χ0) is 19.2. The van der Waals surface area contributed by atoms with E-state index < -0.39 is 0 Å². The number of carbonyl (C=O) groups is 2. The van der Waals surface area contributed by atoms with Crippen molar-refractivity contribution in [3.63, 3.8) is 0 Å². The summed E-state index contributed by atoms with van der Waals surface area (Å²) in [6, 6.07) is 18.6. The molecule has 0 spiro atoms. The standard InChI is InChI=1S/C20H17BrN2O2S2/c1-13(19(24)22-15-9-7-14(21)8-10-15)27-17-5-2-4-16(12-17)23-20(25)18-6-3-11-26-18/h2-13H,1H3,(H,22,24)(H,23,25). The van der Waals surface area contributed by atoms with Gasteiger partial charge in [-0.1, -0.05) is 28.1 Å². The highest BCUT2D eigenvalue weighted by Crippen LogP contribution is 2.27. The van der Waals surface area contributed by atoms with Crippen molar-refractivity contribution in [2.24, 2.45) is 0 Å². The van der Waals surface area contributed by atoms with Gasteiger partial charge in [0.25, 0.3) is 5.91 Å². The molecule has 1 heterocycles. The average Bonchev–Trinajstić information content (AvgIpc) is 3.19. The van der Waals surface area contributed by atoms with E-state index in [2.05, 4.69) is 26.6 Å². The third-order valence-corrected chi connectivity index (χ3v) is 6.12. The van der Waals surface area contributed by atoms with Gasteiger partial charge in [0, 0.05) is 20.7 Å². The molecular formula is C20H17BrN2O2S2. The smallest absolute Gasteiger partial charge is 0.265 e. The lowest BCUT2D eigenvalue weighted by Crippen LogP contribution is -2.22. The largest absolute Gasteiger partial charge is 0.325 e. The van der Waals surface area contributed by atoms with Gasteiger partial charge in [-0.2, -0.15) is 0 Å². The van der Waals surface area contributed by atoms with Gasteiger partial charge in [-0.3, -0.25) is 9.59 Å². The Morgan fingerprint density at radius 2 is 1.78 bits per heavy atom. The Balaban J connectivity index is 1.60. The number of thioether (sulfide) groups is 1. The third kappa shape index (κ3) is 5.69. The number of anilines is 2. The van der Waals surface area contributed by atoms with Crippen LogP contribution in [0.3, 0.4) is 0 Å². The lowest BCUT2D eigenvalue weighted by Gasteiger charge is -2.13. The molecular weight excluding hydrogens is 444 g/mol. The summed E-state index contributed by atoms with van der Waals surface area (Å²) in [7, 11) is 0. The van der Waals surface area contributed by atoms with E-state index in [-0.39, 0.29) is 17.1 Å². The van der Waals surface area contributed by atoms with Crippen LogP contribution in [-0.2, 0) is 4.79 Å². The number of hydrogen-bond donors (Lipinski definition) is 2. The Labute approximate surface area is 174 Å². The van der Waals surface area contributed by atoms with E-state index in [0.717, 1.165) is 15.1 Å². The van der Waals surface area contributed by atoms with E-state index in [1.165, 1.54) is 23.1 Å². The molecule has 1 aromatic heterocycles. The first-order chi connectivity index (χ1) is 13.0. The SMILES string of the molecule is CC(Sc1cccc(NC(=O)c2cccs2)c1)C(=O)Nc1ccc(Br)cc1. The molecule has 4 nitrogen and oxygen atoms in total. The normalized spacial score (nSPS) is 11.6. The van der Waals surface area contributed by atoms with Crippen LogP contribution in [0.2, 0.25) is 0 Å². The number of amides is 2. The third-order valence-electron chi connectivity index (χ3n) is 3.63. The molecule has 3 rings (SSSR count). The van der Waals surface area contributed by atoms with Crippen molar-refractivity contribution in [1.82, 2.24) is 0 Å². The maximum Gasteiger partial charge on any atom is 0.265 e. The maximum atomic E-state index is 12.4. The van der Waals surface area contributed by atoms with Gasteiger partial charge in [0.2, 0.25) is 5.91 Å². The van der Waals surface area contributed by atoms with Crippen LogP contribution in [0.1, 0.15) is 16.6 Å². The molecule has 0 saturated carbocycles. The number of halogens is 1. The number of benzene rings is 2. The second-order valence-corrected chi connectivity index (χ2v) is 8.99.